The van der Waals surface area contributed by atoms with Crippen LogP contribution in [0.15, 0.2) is 71.6 Å². The quantitative estimate of drug-likeness (QED) is 0.408. The Kier molecular flexibility index (Phi) is 8.76. The summed E-state index contributed by atoms with van der Waals surface area (Å²) in [4.78, 5) is 13.0. The van der Waals surface area contributed by atoms with Gasteiger partial charge in [-0.15, -0.1) is 0 Å². The van der Waals surface area contributed by atoms with Gasteiger partial charge >= 0.3 is 0 Å². The predicted molar refractivity (Wildman–Crippen MR) is 135 cm³/mol. The van der Waals surface area contributed by atoms with Gasteiger partial charge in [-0.25, -0.2) is 12.8 Å². The molecule has 1 amide bonds. The lowest BCUT2D eigenvalue weighted by atomic mass is 10.1. The number of halogens is 1. The van der Waals surface area contributed by atoms with Crippen molar-refractivity contribution in [2.24, 2.45) is 0 Å². The summed E-state index contributed by atoms with van der Waals surface area (Å²) in [5, 5.41) is 2.81. The molecule has 0 aliphatic heterocycles. The van der Waals surface area contributed by atoms with Gasteiger partial charge in [0.2, 0.25) is 5.91 Å². The first-order valence-corrected chi connectivity index (χ1v) is 12.7. The van der Waals surface area contributed by atoms with Crippen LogP contribution >= 0.6 is 0 Å². The van der Waals surface area contributed by atoms with Gasteiger partial charge in [0.25, 0.3) is 10.0 Å². The van der Waals surface area contributed by atoms with E-state index in [1.54, 1.807) is 25.1 Å². The minimum Gasteiger partial charge on any atom is -0.497 e. The maximum absolute atomic E-state index is 13.6. The third-order valence-corrected chi connectivity index (χ3v) is 7.19. The second kappa shape index (κ2) is 11.8. The number of nitrogens with zero attached hydrogens (tertiary/aromatic N) is 1. The average molecular weight is 517 g/mol. The highest BCUT2D eigenvalue weighted by Gasteiger charge is 2.28. The summed E-state index contributed by atoms with van der Waals surface area (Å²) in [7, 11) is -1.13. The minimum atomic E-state index is -4.17. The van der Waals surface area contributed by atoms with Crippen molar-refractivity contribution in [2.45, 2.75) is 24.8 Å². The van der Waals surface area contributed by atoms with Gasteiger partial charge in [0.1, 0.15) is 29.6 Å². The van der Waals surface area contributed by atoms with Crippen LogP contribution < -0.4 is 23.8 Å². The van der Waals surface area contributed by atoms with Gasteiger partial charge in [-0.2, -0.15) is 0 Å². The van der Waals surface area contributed by atoms with Crippen LogP contribution in [0, 0.1) is 5.82 Å². The number of amides is 1. The number of rotatable bonds is 11. The topological polar surface area (TPSA) is 94.2 Å². The lowest BCUT2D eigenvalue weighted by Crippen LogP contribution is -2.41. The monoisotopic (exact) mass is 516 g/mol. The number of hydrogen-bond donors (Lipinski definition) is 1. The molecule has 1 atom stereocenters. The molecule has 3 aromatic carbocycles. The molecule has 0 saturated heterocycles. The molecule has 0 radical (unpaired) electrons. The number of hydrogen-bond acceptors (Lipinski definition) is 6. The van der Waals surface area contributed by atoms with Crippen LogP contribution in [-0.4, -0.2) is 41.7 Å². The Labute approximate surface area is 210 Å². The number of ether oxygens (including phenoxy) is 3. The fraction of sp³-hybridized carbons (Fsp3) is 0.269. The van der Waals surface area contributed by atoms with Gasteiger partial charge in [-0.05, 0) is 80.6 Å². The van der Waals surface area contributed by atoms with Crippen molar-refractivity contribution in [1.29, 1.82) is 0 Å². The zero-order valence-electron chi connectivity index (χ0n) is 20.5. The molecule has 8 nitrogen and oxygen atoms in total. The molecular weight excluding hydrogens is 487 g/mol. The van der Waals surface area contributed by atoms with E-state index in [1.165, 1.54) is 50.6 Å². The zero-order chi connectivity index (χ0) is 26.3. The predicted octanol–water partition coefficient (Wildman–Crippen LogP) is 4.31. The summed E-state index contributed by atoms with van der Waals surface area (Å²) in [6, 6.07) is 15.4. The highest BCUT2D eigenvalue weighted by molar-refractivity contribution is 7.92. The Hall–Kier alpha value is -3.79. The molecule has 0 saturated carbocycles. The van der Waals surface area contributed by atoms with Crippen molar-refractivity contribution in [3.8, 4) is 17.2 Å². The number of carbonyl (C=O) groups excluding carboxylic acids is 1. The highest BCUT2D eigenvalue weighted by atomic mass is 32.2. The summed E-state index contributed by atoms with van der Waals surface area (Å²) in [5.41, 5.74) is 0.806. The fourth-order valence-electron chi connectivity index (χ4n) is 3.60. The maximum atomic E-state index is 13.6. The van der Waals surface area contributed by atoms with Gasteiger partial charge in [0, 0.05) is 5.56 Å². The van der Waals surface area contributed by atoms with Gasteiger partial charge < -0.3 is 19.5 Å². The van der Waals surface area contributed by atoms with E-state index in [4.69, 9.17) is 14.2 Å². The number of sulfonamides is 1. The summed E-state index contributed by atoms with van der Waals surface area (Å²) in [6.07, 6.45) is 0. The van der Waals surface area contributed by atoms with Crippen molar-refractivity contribution in [3.63, 3.8) is 0 Å². The molecule has 36 heavy (non-hydrogen) atoms. The van der Waals surface area contributed by atoms with Gasteiger partial charge in [-0.1, -0.05) is 0 Å². The average Bonchev–Trinajstić information content (AvgIpc) is 2.88. The van der Waals surface area contributed by atoms with E-state index >= 15 is 0 Å². The van der Waals surface area contributed by atoms with Crippen LogP contribution in [0.4, 0.5) is 10.1 Å². The van der Waals surface area contributed by atoms with Crippen molar-refractivity contribution in [1.82, 2.24) is 5.32 Å². The van der Waals surface area contributed by atoms with E-state index in [2.05, 4.69) is 5.32 Å². The largest absolute Gasteiger partial charge is 0.497 e. The second-order valence-electron chi connectivity index (χ2n) is 7.79. The smallest absolute Gasteiger partial charge is 0.264 e. The van der Waals surface area contributed by atoms with Crippen molar-refractivity contribution in [3.05, 3.63) is 78.1 Å². The van der Waals surface area contributed by atoms with Gasteiger partial charge in [0.05, 0.1) is 37.5 Å². The van der Waals surface area contributed by atoms with Crippen molar-refractivity contribution in [2.75, 3.05) is 31.7 Å². The van der Waals surface area contributed by atoms with Crippen LogP contribution in [0.3, 0.4) is 0 Å². The number of anilines is 1. The minimum absolute atomic E-state index is 0.0365. The third kappa shape index (κ3) is 6.25. The van der Waals surface area contributed by atoms with Crippen LogP contribution in [0.5, 0.6) is 17.2 Å². The molecule has 1 unspecified atom stereocenters. The molecule has 192 valence electrons. The van der Waals surface area contributed by atoms with E-state index < -0.39 is 34.3 Å². The zero-order valence-corrected chi connectivity index (χ0v) is 21.3. The van der Waals surface area contributed by atoms with Crippen molar-refractivity contribution >= 4 is 21.6 Å². The number of carbonyl (C=O) groups is 1. The standard InChI is InChI=1S/C26H29FN2O6S/c1-5-35-21-10-13-23(14-11-21)36(31,32)29(20-8-6-19(27)7-9-20)17-26(30)28-18(2)24-16-22(33-3)12-15-25(24)34-4/h6-16,18H,5,17H2,1-4H3,(H,28,30). The molecule has 0 spiro atoms. The number of benzene rings is 3. The summed E-state index contributed by atoms with van der Waals surface area (Å²) in [6.45, 7) is 3.47. The number of nitrogens with one attached hydrogen (secondary N) is 1. The molecular formula is C26H29FN2O6S. The van der Waals surface area contributed by atoms with Gasteiger partial charge in [-0.3, -0.25) is 9.10 Å². The summed E-state index contributed by atoms with van der Waals surface area (Å²) < 4.78 is 57.6. The van der Waals surface area contributed by atoms with Crippen LogP contribution in [0.25, 0.3) is 0 Å². The van der Waals surface area contributed by atoms with E-state index in [0.29, 0.717) is 29.4 Å². The lowest BCUT2D eigenvalue weighted by Gasteiger charge is -2.25. The molecule has 0 bridgehead atoms. The van der Waals surface area contributed by atoms with Crippen LogP contribution in [0.2, 0.25) is 0 Å². The summed E-state index contributed by atoms with van der Waals surface area (Å²) >= 11 is 0. The first kappa shape index (κ1) is 26.8. The Morgan fingerprint density at radius 3 is 2.19 bits per heavy atom. The molecule has 0 aliphatic carbocycles. The molecule has 0 aliphatic rings. The van der Waals surface area contributed by atoms with E-state index in [9.17, 15) is 17.6 Å². The molecule has 10 heteroatoms. The van der Waals surface area contributed by atoms with Crippen LogP contribution in [-0.2, 0) is 14.8 Å². The van der Waals surface area contributed by atoms with E-state index in [-0.39, 0.29) is 10.6 Å². The van der Waals surface area contributed by atoms with E-state index in [1.807, 2.05) is 6.92 Å². The highest BCUT2D eigenvalue weighted by Crippen LogP contribution is 2.30. The molecule has 1 N–H and O–H groups in total. The maximum Gasteiger partial charge on any atom is 0.264 e. The van der Waals surface area contributed by atoms with E-state index in [0.717, 1.165) is 16.4 Å². The first-order chi connectivity index (χ1) is 17.2. The summed E-state index contributed by atoms with van der Waals surface area (Å²) in [5.74, 6) is 0.550. The Bertz CT molecular complexity index is 1280. The molecule has 3 aromatic rings. The van der Waals surface area contributed by atoms with Crippen molar-refractivity contribution < 1.29 is 31.8 Å². The van der Waals surface area contributed by atoms with Crippen LogP contribution in [0.1, 0.15) is 25.5 Å². The van der Waals surface area contributed by atoms with Gasteiger partial charge in [0.15, 0.2) is 0 Å². The Morgan fingerprint density at radius 1 is 0.972 bits per heavy atom. The third-order valence-electron chi connectivity index (χ3n) is 5.41. The molecule has 3 rings (SSSR count). The SMILES string of the molecule is CCOc1ccc(S(=O)(=O)N(CC(=O)NC(C)c2cc(OC)ccc2OC)c2ccc(F)cc2)cc1. The Morgan fingerprint density at radius 2 is 1.61 bits per heavy atom. The molecule has 0 aromatic heterocycles. The normalized spacial score (nSPS) is 11.9. The molecule has 0 heterocycles. The molecule has 0 fully saturated rings. The Balaban J connectivity index is 1.89. The fourth-order valence-corrected chi connectivity index (χ4v) is 5.02. The first-order valence-electron chi connectivity index (χ1n) is 11.2. The number of methoxy groups -OCH3 is 2. The lowest BCUT2D eigenvalue weighted by molar-refractivity contribution is -0.120. The second-order valence-corrected chi connectivity index (χ2v) is 9.65.